The molecule has 10 heteroatoms. The number of hydrogen-bond acceptors (Lipinski definition) is 7. The minimum atomic E-state index is -2.26. The molecule has 9 nitrogen and oxygen atoms in total. The fraction of sp³-hybridized carbons (Fsp3) is 0.385. The summed E-state index contributed by atoms with van der Waals surface area (Å²) in [6.07, 6.45) is 8.52. The summed E-state index contributed by atoms with van der Waals surface area (Å²) in [4.78, 5) is 57.9. The lowest BCUT2D eigenvalue weighted by molar-refractivity contribution is -0.136. The molecule has 0 aliphatic carbocycles. The number of hydrogen-bond donors (Lipinski definition) is 1. The summed E-state index contributed by atoms with van der Waals surface area (Å²) >= 11 is 0. The number of nitrogens with zero attached hydrogens (tertiary/aromatic N) is 3. The van der Waals surface area contributed by atoms with Crippen LogP contribution in [0.3, 0.4) is 0 Å². The molecule has 3 aromatic rings. The zero-order valence-corrected chi connectivity index (χ0v) is 28.8. The second kappa shape index (κ2) is 11.2. The molecule has 9 rings (SSSR count). The molecule has 49 heavy (non-hydrogen) atoms. The molecule has 6 aliphatic rings. The third-order valence-electron chi connectivity index (χ3n) is 11.9. The number of fused-ring (bicyclic) bond motifs is 8. The van der Waals surface area contributed by atoms with Gasteiger partial charge in [0.2, 0.25) is 0 Å². The molecule has 6 heterocycles. The summed E-state index contributed by atoms with van der Waals surface area (Å²) in [5, 5.41) is 5.67. The lowest BCUT2D eigenvalue weighted by Crippen LogP contribution is -2.67. The van der Waals surface area contributed by atoms with Crippen LogP contribution in [0.15, 0.2) is 60.7 Å². The number of carbonyl (C=O) groups is 4. The molecule has 1 N–H and O–H groups in total. The van der Waals surface area contributed by atoms with Crippen LogP contribution in [0.1, 0.15) is 75.1 Å². The first-order valence-corrected chi connectivity index (χ1v) is 20.2. The first-order valence-electron chi connectivity index (χ1n) is 17.8. The summed E-state index contributed by atoms with van der Waals surface area (Å²) in [6.45, 7) is 6.25. The van der Waals surface area contributed by atoms with Crippen molar-refractivity contribution in [3.05, 3.63) is 94.1 Å². The van der Waals surface area contributed by atoms with E-state index < -0.39 is 13.7 Å². The van der Waals surface area contributed by atoms with Gasteiger partial charge in [-0.1, -0.05) is 31.4 Å². The van der Waals surface area contributed by atoms with Crippen LogP contribution in [0.4, 0.5) is 11.4 Å². The van der Waals surface area contributed by atoms with E-state index in [1.165, 1.54) is 78.1 Å². The Kier molecular flexibility index (Phi) is 6.92. The van der Waals surface area contributed by atoms with Crippen molar-refractivity contribution in [1.82, 2.24) is 10.2 Å². The van der Waals surface area contributed by atoms with E-state index in [9.17, 15) is 19.2 Å². The number of amides is 3. The van der Waals surface area contributed by atoms with Gasteiger partial charge in [0.05, 0.1) is 5.56 Å². The highest BCUT2D eigenvalue weighted by atomic mass is 28.3. The number of benzene rings is 3. The second-order valence-electron chi connectivity index (χ2n) is 14.5. The molecule has 0 saturated carbocycles. The van der Waals surface area contributed by atoms with E-state index in [2.05, 4.69) is 51.5 Å². The number of carbonyl (C=O) groups excluding carboxylic acids is 4. The van der Waals surface area contributed by atoms with Crippen molar-refractivity contribution < 1.29 is 23.9 Å². The van der Waals surface area contributed by atoms with Crippen LogP contribution >= 0.6 is 0 Å². The van der Waals surface area contributed by atoms with Gasteiger partial charge in [0, 0.05) is 85.0 Å². The molecule has 3 amide bonds. The van der Waals surface area contributed by atoms with Crippen LogP contribution in [0, 0.1) is 6.92 Å². The number of esters is 1. The van der Waals surface area contributed by atoms with Gasteiger partial charge in [0.1, 0.15) is 8.07 Å². The number of ether oxygens (including phenoxy) is 1. The van der Waals surface area contributed by atoms with Crippen molar-refractivity contribution in [2.24, 2.45) is 0 Å². The van der Waals surface area contributed by atoms with E-state index in [4.69, 9.17) is 4.74 Å². The smallest absolute Gasteiger partial charge is 0.340 e. The van der Waals surface area contributed by atoms with Crippen LogP contribution in [-0.2, 0) is 19.9 Å². The number of nitrogens with one attached hydrogen (secondary N) is 1. The van der Waals surface area contributed by atoms with Gasteiger partial charge in [0.15, 0.2) is 5.60 Å². The summed E-state index contributed by atoms with van der Waals surface area (Å²) < 4.78 is 6.73. The highest BCUT2D eigenvalue weighted by Crippen LogP contribution is 2.52. The number of imide groups is 1. The molecule has 3 fully saturated rings. The normalized spacial score (nSPS) is 20.9. The zero-order valence-electron chi connectivity index (χ0n) is 27.8. The maximum Gasteiger partial charge on any atom is 0.340 e. The molecule has 0 atom stereocenters. The van der Waals surface area contributed by atoms with Crippen molar-refractivity contribution in [1.29, 1.82) is 0 Å². The van der Waals surface area contributed by atoms with E-state index in [-0.39, 0.29) is 36.8 Å². The van der Waals surface area contributed by atoms with Gasteiger partial charge in [0.25, 0.3) is 17.7 Å². The van der Waals surface area contributed by atoms with Crippen LogP contribution in [0.5, 0.6) is 0 Å². The van der Waals surface area contributed by atoms with Crippen molar-refractivity contribution in [2.45, 2.75) is 56.7 Å². The van der Waals surface area contributed by atoms with Crippen LogP contribution in [0.2, 0.25) is 12.1 Å². The van der Waals surface area contributed by atoms with Gasteiger partial charge in [-0.25, -0.2) is 4.79 Å². The van der Waals surface area contributed by atoms with E-state index in [0.29, 0.717) is 22.3 Å². The molecular formula is C39H40N4O5Si. The summed E-state index contributed by atoms with van der Waals surface area (Å²) in [6, 6.07) is 19.7. The first kappa shape index (κ1) is 30.4. The predicted molar refractivity (Wildman–Crippen MR) is 190 cm³/mol. The molecule has 6 aliphatic heterocycles. The molecule has 3 saturated heterocycles. The standard InChI is InChI=1S/C39H40N4O5Si/c1-25-21-29-32(24-28(25)37(46)40-13-18-43-35(44)11-12-36(43)45)39(48-38(29)47)30-9-7-26(41-14-5-15-41)22-33(30)49(19-3-2-4-20-49)34-23-27(8-10-31(34)39)42-16-6-17-42/h7-12,21-24H,2-6,13-20H2,1H3,(H,40,46). The van der Waals surface area contributed by atoms with Gasteiger partial charge < -0.3 is 19.9 Å². The molecule has 0 unspecified atom stereocenters. The number of aryl methyl sites for hydroxylation is 1. The SMILES string of the molecule is Cc1cc2c(cc1C(=O)NCCN1C(=O)C=CC1=O)C1(OC2=O)c2ccc(N3CCC3)cc2[Si]2(CCCCC2)c2cc(N3CCC3)ccc21. The largest absolute Gasteiger partial charge is 0.441 e. The molecule has 0 radical (unpaired) electrons. The van der Waals surface area contributed by atoms with Crippen molar-refractivity contribution in [2.75, 3.05) is 49.1 Å². The third-order valence-corrected chi connectivity index (χ3v) is 17.2. The van der Waals surface area contributed by atoms with Crippen molar-refractivity contribution in [3.63, 3.8) is 0 Å². The Bertz CT molecular complexity index is 1910. The molecule has 250 valence electrons. The fourth-order valence-corrected chi connectivity index (χ4v) is 14.8. The van der Waals surface area contributed by atoms with E-state index in [1.54, 1.807) is 6.07 Å². The van der Waals surface area contributed by atoms with Crippen LogP contribution in [0.25, 0.3) is 0 Å². The van der Waals surface area contributed by atoms with Crippen LogP contribution in [-0.4, -0.2) is 75.9 Å². The second-order valence-corrected chi connectivity index (χ2v) is 18.7. The fourth-order valence-electron chi connectivity index (χ4n) is 9.09. The average Bonchev–Trinajstić information content (AvgIpc) is 3.53. The average molecular weight is 673 g/mol. The zero-order chi connectivity index (χ0) is 33.5. The van der Waals surface area contributed by atoms with Crippen molar-refractivity contribution >= 4 is 53.5 Å². The topological polar surface area (TPSA) is 99.3 Å². The molecular weight excluding hydrogens is 633 g/mol. The third kappa shape index (κ3) is 4.42. The Hall–Kier alpha value is -4.70. The lowest BCUT2D eigenvalue weighted by Gasteiger charge is -2.49. The summed E-state index contributed by atoms with van der Waals surface area (Å²) in [5.74, 6) is -1.46. The first-order chi connectivity index (χ1) is 23.8. The quantitative estimate of drug-likeness (QED) is 0.243. The van der Waals surface area contributed by atoms with Gasteiger partial charge in [-0.05, 0) is 84.2 Å². The predicted octanol–water partition coefficient (Wildman–Crippen LogP) is 3.59. The van der Waals surface area contributed by atoms with Gasteiger partial charge in [-0.2, -0.15) is 0 Å². The molecule has 2 spiro atoms. The van der Waals surface area contributed by atoms with Gasteiger partial charge >= 0.3 is 5.97 Å². The summed E-state index contributed by atoms with van der Waals surface area (Å²) in [7, 11) is -2.26. The maximum atomic E-state index is 14.0. The highest BCUT2D eigenvalue weighted by Gasteiger charge is 2.59. The Morgan fingerprint density at radius 1 is 0.776 bits per heavy atom. The van der Waals surface area contributed by atoms with Gasteiger partial charge in [-0.15, -0.1) is 0 Å². The van der Waals surface area contributed by atoms with Gasteiger partial charge in [-0.3, -0.25) is 19.3 Å². The highest BCUT2D eigenvalue weighted by molar-refractivity contribution is 7.03. The Balaban J connectivity index is 1.20. The minimum absolute atomic E-state index is 0.0814. The maximum absolute atomic E-state index is 14.0. The molecule has 0 aromatic heterocycles. The Morgan fingerprint density at radius 2 is 1.37 bits per heavy atom. The minimum Gasteiger partial charge on any atom is -0.441 e. The molecule has 0 bridgehead atoms. The number of anilines is 2. The Morgan fingerprint density at radius 3 is 1.92 bits per heavy atom. The number of rotatable bonds is 6. The monoisotopic (exact) mass is 672 g/mol. The van der Waals surface area contributed by atoms with Crippen molar-refractivity contribution in [3.8, 4) is 0 Å². The Labute approximate surface area is 286 Å². The summed E-state index contributed by atoms with van der Waals surface area (Å²) in [5.41, 5.74) is 5.74. The van der Waals surface area contributed by atoms with E-state index >= 15 is 0 Å². The lowest BCUT2D eigenvalue weighted by atomic mass is 9.78. The van der Waals surface area contributed by atoms with E-state index in [0.717, 1.165) is 42.2 Å². The van der Waals surface area contributed by atoms with Crippen LogP contribution < -0.4 is 25.5 Å². The van der Waals surface area contributed by atoms with E-state index in [1.807, 2.05) is 13.0 Å². The molecule has 3 aromatic carbocycles.